The molecule has 2 N–H and O–H groups in total. The summed E-state index contributed by atoms with van der Waals surface area (Å²) in [6.07, 6.45) is 4.67. The van der Waals surface area contributed by atoms with Crippen molar-refractivity contribution in [3.63, 3.8) is 0 Å². The molecule has 6 nitrogen and oxygen atoms in total. The van der Waals surface area contributed by atoms with Gasteiger partial charge in [-0.15, -0.1) is 0 Å². The van der Waals surface area contributed by atoms with Gasteiger partial charge in [0, 0.05) is 6.07 Å². The Balaban J connectivity index is 1.94. The number of hydrogen-bond donors (Lipinski definition) is 2. The fourth-order valence-electron chi connectivity index (χ4n) is 1.81. The Bertz CT molecular complexity index is 481. The number of ether oxygens (including phenoxy) is 1. The van der Waals surface area contributed by atoms with Gasteiger partial charge < -0.3 is 10.1 Å². The van der Waals surface area contributed by atoms with Gasteiger partial charge in [0.2, 0.25) is 15.9 Å². The van der Waals surface area contributed by atoms with E-state index in [-0.39, 0.29) is 6.10 Å². The molecule has 0 amide bonds. The fraction of sp³-hybridized carbons (Fsp3) is 0.545. The zero-order valence-corrected chi connectivity index (χ0v) is 11.0. The molecule has 0 unspecified atom stereocenters. The van der Waals surface area contributed by atoms with Crippen molar-refractivity contribution < 1.29 is 13.2 Å². The summed E-state index contributed by atoms with van der Waals surface area (Å²) in [6, 6.07) is 3.32. The Morgan fingerprint density at radius 3 is 2.67 bits per heavy atom. The summed E-state index contributed by atoms with van der Waals surface area (Å²) in [4.78, 5) is 4.09. The molecule has 1 aliphatic heterocycles. The number of nitrogens with one attached hydrogen (secondary N) is 2. The van der Waals surface area contributed by atoms with E-state index in [0.29, 0.717) is 11.6 Å². The maximum Gasteiger partial charge on any atom is 0.229 e. The molecule has 0 saturated carbocycles. The first-order valence-corrected chi connectivity index (χ1v) is 7.73. The standard InChI is InChI=1S/C11H17N3O3S/c1-18(15,16)14-9-2-3-11(13-8-9)17-10-4-6-12-7-5-10/h2-3,8,10,12,14H,4-7H2,1H3. The van der Waals surface area contributed by atoms with Crippen molar-refractivity contribution in [3.05, 3.63) is 18.3 Å². The molecule has 18 heavy (non-hydrogen) atoms. The lowest BCUT2D eigenvalue weighted by atomic mass is 10.1. The molecule has 2 rings (SSSR count). The predicted molar refractivity (Wildman–Crippen MR) is 69.2 cm³/mol. The minimum absolute atomic E-state index is 0.187. The van der Waals surface area contributed by atoms with Gasteiger partial charge in [-0.2, -0.15) is 0 Å². The Kier molecular flexibility index (Phi) is 4.03. The number of hydrogen-bond acceptors (Lipinski definition) is 5. The van der Waals surface area contributed by atoms with Crippen molar-refractivity contribution in [2.45, 2.75) is 18.9 Å². The highest BCUT2D eigenvalue weighted by Crippen LogP contribution is 2.16. The molecule has 1 aromatic rings. The number of pyridine rings is 1. The van der Waals surface area contributed by atoms with Gasteiger partial charge in [0.1, 0.15) is 6.10 Å². The van der Waals surface area contributed by atoms with Crippen LogP contribution in [0.2, 0.25) is 0 Å². The lowest BCUT2D eigenvalue weighted by molar-refractivity contribution is 0.156. The number of rotatable bonds is 4. The van der Waals surface area contributed by atoms with E-state index in [1.54, 1.807) is 12.1 Å². The van der Waals surface area contributed by atoms with Gasteiger partial charge in [-0.25, -0.2) is 13.4 Å². The second kappa shape index (κ2) is 5.53. The van der Waals surface area contributed by atoms with Crippen molar-refractivity contribution in [2.75, 3.05) is 24.1 Å². The Hall–Kier alpha value is -1.34. The molecule has 7 heteroatoms. The summed E-state index contributed by atoms with van der Waals surface area (Å²) >= 11 is 0. The Morgan fingerprint density at radius 1 is 1.39 bits per heavy atom. The number of aromatic nitrogens is 1. The van der Waals surface area contributed by atoms with E-state index >= 15 is 0 Å². The number of sulfonamides is 1. The lowest BCUT2D eigenvalue weighted by Crippen LogP contribution is -2.34. The van der Waals surface area contributed by atoms with Crippen LogP contribution in [0, 0.1) is 0 Å². The molecule has 0 atom stereocenters. The highest BCUT2D eigenvalue weighted by atomic mass is 32.2. The van der Waals surface area contributed by atoms with Gasteiger partial charge in [-0.05, 0) is 32.0 Å². The lowest BCUT2D eigenvalue weighted by Gasteiger charge is -2.23. The molecule has 1 aliphatic rings. The summed E-state index contributed by atoms with van der Waals surface area (Å²) in [7, 11) is -3.26. The molecule has 0 spiro atoms. The van der Waals surface area contributed by atoms with E-state index in [1.807, 2.05) is 0 Å². The van der Waals surface area contributed by atoms with Crippen LogP contribution in [0.3, 0.4) is 0 Å². The van der Waals surface area contributed by atoms with Crippen molar-refractivity contribution >= 4 is 15.7 Å². The van der Waals surface area contributed by atoms with Gasteiger partial charge in [0.15, 0.2) is 0 Å². The van der Waals surface area contributed by atoms with E-state index in [9.17, 15) is 8.42 Å². The largest absolute Gasteiger partial charge is 0.474 e. The molecule has 0 radical (unpaired) electrons. The molecular weight excluding hydrogens is 254 g/mol. The summed E-state index contributed by atoms with van der Waals surface area (Å²) in [6.45, 7) is 1.91. The Labute approximate surface area is 107 Å². The molecule has 0 bridgehead atoms. The third-order valence-electron chi connectivity index (χ3n) is 2.61. The van der Waals surface area contributed by atoms with E-state index in [4.69, 9.17) is 4.74 Å². The quantitative estimate of drug-likeness (QED) is 0.837. The first kappa shape index (κ1) is 13.1. The van der Waals surface area contributed by atoms with Crippen LogP contribution in [-0.4, -0.2) is 38.9 Å². The molecule has 1 aromatic heterocycles. The molecule has 1 saturated heterocycles. The van der Waals surface area contributed by atoms with Crippen LogP contribution in [0.25, 0.3) is 0 Å². The number of anilines is 1. The van der Waals surface area contributed by atoms with Crippen molar-refractivity contribution in [1.82, 2.24) is 10.3 Å². The number of nitrogens with zero attached hydrogens (tertiary/aromatic N) is 1. The van der Waals surface area contributed by atoms with Gasteiger partial charge >= 0.3 is 0 Å². The van der Waals surface area contributed by atoms with Crippen molar-refractivity contribution in [1.29, 1.82) is 0 Å². The van der Waals surface area contributed by atoms with Gasteiger partial charge in [-0.3, -0.25) is 4.72 Å². The monoisotopic (exact) mass is 271 g/mol. The second-order valence-electron chi connectivity index (χ2n) is 4.33. The second-order valence-corrected chi connectivity index (χ2v) is 6.08. The zero-order chi connectivity index (χ0) is 13.0. The minimum Gasteiger partial charge on any atom is -0.474 e. The Morgan fingerprint density at radius 2 is 2.11 bits per heavy atom. The van der Waals surface area contributed by atoms with Gasteiger partial charge in [0.25, 0.3) is 0 Å². The predicted octanol–water partition coefficient (Wildman–Crippen LogP) is 0.584. The molecule has 100 valence electrons. The van der Waals surface area contributed by atoms with E-state index in [2.05, 4.69) is 15.0 Å². The first-order valence-electron chi connectivity index (χ1n) is 5.84. The highest BCUT2D eigenvalue weighted by molar-refractivity contribution is 7.92. The summed E-state index contributed by atoms with van der Waals surface area (Å²) in [5.41, 5.74) is 0.440. The normalized spacial score (nSPS) is 17.4. The maximum atomic E-state index is 11.0. The van der Waals surface area contributed by atoms with Gasteiger partial charge in [-0.1, -0.05) is 0 Å². The van der Waals surface area contributed by atoms with Crippen LogP contribution in [-0.2, 0) is 10.0 Å². The van der Waals surface area contributed by atoms with Crippen LogP contribution in [0.15, 0.2) is 18.3 Å². The summed E-state index contributed by atoms with van der Waals surface area (Å²) in [5.74, 6) is 0.529. The third kappa shape index (κ3) is 4.15. The molecule has 0 aromatic carbocycles. The maximum absolute atomic E-state index is 11.0. The minimum atomic E-state index is -3.26. The van der Waals surface area contributed by atoms with Crippen molar-refractivity contribution in [2.24, 2.45) is 0 Å². The van der Waals surface area contributed by atoms with Crippen LogP contribution in [0.5, 0.6) is 5.88 Å². The molecule has 1 fully saturated rings. The SMILES string of the molecule is CS(=O)(=O)Nc1ccc(OC2CCNCC2)nc1. The topological polar surface area (TPSA) is 80.3 Å². The molecule has 0 aliphatic carbocycles. The van der Waals surface area contributed by atoms with Crippen LogP contribution >= 0.6 is 0 Å². The van der Waals surface area contributed by atoms with Gasteiger partial charge in [0.05, 0.1) is 18.1 Å². The van der Waals surface area contributed by atoms with E-state index in [0.717, 1.165) is 32.2 Å². The first-order chi connectivity index (χ1) is 8.53. The van der Waals surface area contributed by atoms with E-state index in [1.165, 1.54) is 6.20 Å². The fourth-order valence-corrected chi connectivity index (χ4v) is 2.36. The van der Waals surface area contributed by atoms with Crippen LogP contribution in [0.1, 0.15) is 12.8 Å². The zero-order valence-electron chi connectivity index (χ0n) is 10.2. The smallest absolute Gasteiger partial charge is 0.229 e. The molecule has 2 heterocycles. The van der Waals surface area contributed by atoms with Crippen LogP contribution in [0.4, 0.5) is 5.69 Å². The highest BCUT2D eigenvalue weighted by Gasteiger charge is 2.14. The summed E-state index contributed by atoms with van der Waals surface area (Å²) < 4.78 is 30.1. The molecular formula is C11H17N3O3S. The average molecular weight is 271 g/mol. The van der Waals surface area contributed by atoms with Crippen molar-refractivity contribution in [3.8, 4) is 5.88 Å². The van der Waals surface area contributed by atoms with Crippen LogP contribution < -0.4 is 14.8 Å². The number of piperidine rings is 1. The summed E-state index contributed by atoms with van der Waals surface area (Å²) in [5, 5.41) is 3.26. The average Bonchev–Trinajstić information content (AvgIpc) is 2.31. The third-order valence-corrected chi connectivity index (χ3v) is 3.22. The van der Waals surface area contributed by atoms with E-state index < -0.39 is 10.0 Å².